The first-order chi connectivity index (χ1) is 14.8. The lowest BCUT2D eigenvalue weighted by Crippen LogP contribution is -2.42. The standard InChI is InChI=1S/C24H25N3O3S/c1-24(2)10-18-22(19(28)11-24)21(14-7-8-31-13-14)16(12-25)23(26)27(18)17-6-5-15(29-3)9-20(17)30-4/h5-9,13,21H,10-11,26H2,1-4H3. The molecule has 4 rings (SSSR count). The lowest BCUT2D eigenvalue weighted by molar-refractivity contribution is -0.118. The molecule has 0 spiro atoms. The number of hydrogen-bond acceptors (Lipinski definition) is 7. The van der Waals surface area contributed by atoms with Crippen LogP contribution in [-0.4, -0.2) is 20.0 Å². The molecule has 0 amide bonds. The number of carbonyl (C=O) groups excluding carboxylic acids is 1. The molecule has 0 bridgehead atoms. The predicted molar refractivity (Wildman–Crippen MR) is 121 cm³/mol. The van der Waals surface area contributed by atoms with Crippen LogP contribution in [0, 0.1) is 16.7 Å². The van der Waals surface area contributed by atoms with Crippen molar-refractivity contribution < 1.29 is 14.3 Å². The van der Waals surface area contributed by atoms with Gasteiger partial charge in [0.25, 0.3) is 0 Å². The number of thiophene rings is 1. The van der Waals surface area contributed by atoms with Gasteiger partial charge in [-0.3, -0.25) is 9.69 Å². The SMILES string of the molecule is COc1ccc(N2C(N)=C(C#N)C(c3ccsc3)C3=C2CC(C)(C)CC3=O)c(OC)c1. The van der Waals surface area contributed by atoms with E-state index in [2.05, 4.69) is 19.9 Å². The highest BCUT2D eigenvalue weighted by molar-refractivity contribution is 7.08. The fraction of sp³-hybridized carbons (Fsp3) is 0.333. The Labute approximate surface area is 186 Å². The number of benzene rings is 1. The number of ketones is 1. The van der Waals surface area contributed by atoms with E-state index in [1.54, 1.807) is 31.6 Å². The van der Waals surface area contributed by atoms with E-state index in [9.17, 15) is 10.1 Å². The number of hydrogen-bond donors (Lipinski definition) is 1. The van der Waals surface area contributed by atoms with Crippen molar-refractivity contribution in [2.75, 3.05) is 19.1 Å². The molecule has 0 saturated heterocycles. The van der Waals surface area contributed by atoms with E-state index < -0.39 is 5.92 Å². The van der Waals surface area contributed by atoms with Crippen LogP contribution in [0.15, 0.2) is 57.7 Å². The number of carbonyl (C=O) groups is 1. The molecule has 2 heterocycles. The number of rotatable bonds is 4. The number of Topliss-reactive ketones (excluding diaryl/α,β-unsaturated/α-hetero) is 1. The third-order valence-corrected chi connectivity index (χ3v) is 6.59. The second kappa shape index (κ2) is 7.78. The highest BCUT2D eigenvalue weighted by Gasteiger charge is 2.45. The van der Waals surface area contributed by atoms with E-state index in [4.69, 9.17) is 15.2 Å². The first kappa shape index (κ1) is 21.0. The molecule has 2 N–H and O–H groups in total. The van der Waals surface area contributed by atoms with Crippen molar-refractivity contribution >= 4 is 22.8 Å². The number of allylic oxidation sites excluding steroid dienone is 3. The number of nitriles is 1. The fourth-order valence-corrected chi connectivity index (χ4v) is 5.21. The van der Waals surface area contributed by atoms with Crippen LogP contribution in [0.5, 0.6) is 11.5 Å². The van der Waals surface area contributed by atoms with Gasteiger partial charge in [-0.25, -0.2) is 0 Å². The van der Waals surface area contributed by atoms with E-state index in [0.29, 0.717) is 47.0 Å². The van der Waals surface area contributed by atoms with Crippen molar-refractivity contribution in [2.24, 2.45) is 11.1 Å². The highest BCUT2D eigenvalue weighted by Crippen LogP contribution is 2.51. The van der Waals surface area contributed by atoms with Crippen molar-refractivity contribution in [1.29, 1.82) is 5.26 Å². The normalized spacial score (nSPS) is 20.4. The van der Waals surface area contributed by atoms with E-state index in [0.717, 1.165) is 11.3 Å². The van der Waals surface area contributed by atoms with Crippen molar-refractivity contribution in [1.82, 2.24) is 0 Å². The summed E-state index contributed by atoms with van der Waals surface area (Å²) in [5.41, 5.74) is 9.89. The maximum Gasteiger partial charge on any atom is 0.162 e. The maximum atomic E-state index is 13.4. The van der Waals surface area contributed by atoms with Gasteiger partial charge < -0.3 is 15.2 Å². The van der Waals surface area contributed by atoms with Crippen molar-refractivity contribution in [3.8, 4) is 17.6 Å². The summed E-state index contributed by atoms with van der Waals surface area (Å²) in [5.74, 6) is 1.13. The summed E-state index contributed by atoms with van der Waals surface area (Å²) in [7, 11) is 3.17. The van der Waals surface area contributed by atoms with Crippen LogP contribution in [0.25, 0.3) is 0 Å². The minimum absolute atomic E-state index is 0.0557. The van der Waals surface area contributed by atoms with Crippen molar-refractivity contribution in [2.45, 2.75) is 32.6 Å². The van der Waals surface area contributed by atoms with Gasteiger partial charge in [0.2, 0.25) is 0 Å². The first-order valence-electron chi connectivity index (χ1n) is 10.0. The lowest BCUT2D eigenvalue weighted by atomic mass is 9.69. The molecular weight excluding hydrogens is 410 g/mol. The van der Waals surface area contributed by atoms with Gasteiger partial charge in [-0.1, -0.05) is 13.8 Å². The summed E-state index contributed by atoms with van der Waals surface area (Å²) in [6, 6.07) is 9.69. The fourth-order valence-electron chi connectivity index (χ4n) is 4.53. The van der Waals surface area contributed by atoms with Crippen molar-refractivity contribution in [3.63, 3.8) is 0 Å². The van der Waals surface area contributed by atoms with Gasteiger partial charge >= 0.3 is 0 Å². The van der Waals surface area contributed by atoms with Gasteiger partial charge in [0, 0.05) is 23.8 Å². The minimum atomic E-state index is -0.449. The Bertz CT molecular complexity index is 1140. The molecule has 2 aliphatic rings. The van der Waals surface area contributed by atoms with Gasteiger partial charge in [0.1, 0.15) is 17.3 Å². The topological polar surface area (TPSA) is 88.6 Å². The molecule has 1 aliphatic carbocycles. The maximum absolute atomic E-state index is 13.4. The minimum Gasteiger partial charge on any atom is -0.497 e. The predicted octanol–water partition coefficient (Wildman–Crippen LogP) is 4.71. The molecule has 1 aromatic heterocycles. The Hall–Kier alpha value is -3.24. The van der Waals surface area contributed by atoms with Crippen LogP contribution in [0.4, 0.5) is 5.69 Å². The Kier molecular flexibility index (Phi) is 5.28. The average molecular weight is 436 g/mol. The summed E-state index contributed by atoms with van der Waals surface area (Å²) in [4.78, 5) is 15.3. The van der Waals surface area contributed by atoms with Crippen LogP contribution in [0.3, 0.4) is 0 Å². The van der Waals surface area contributed by atoms with Crippen molar-refractivity contribution in [3.05, 3.63) is 63.3 Å². The van der Waals surface area contributed by atoms with Crippen LogP contribution in [0.2, 0.25) is 0 Å². The number of nitrogens with two attached hydrogens (primary N) is 1. The molecule has 7 heteroatoms. The first-order valence-corrected chi connectivity index (χ1v) is 11.0. The zero-order valence-corrected chi connectivity index (χ0v) is 18.9. The van der Waals surface area contributed by atoms with E-state index in [-0.39, 0.29) is 11.2 Å². The molecule has 160 valence electrons. The van der Waals surface area contributed by atoms with Gasteiger partial charge in [0.15, 0.2) is 5.78 Å². The quantitative estimate of drug-likeness (QED) is 0.748. The zero-order chi connectivity index (χ0) is 22.3. The van der Waals surface area contributed by atoms with Crippen LogP contribution in [-0.2, 0) is 4.79 Å². The molecule has 0 radical (unpaired) electrons. The second-order valence-corrected chi connectivity index (χ2v) is 9.35. The number of anilines is 1. The van der Waals surface area contributed by atoms with Crippen LogP contribution >= 0.6 is 11.3 Å². The van der Waals surface area contributed by atoms with Gasteiger partial charge in [0.05, 0.1) is 37.5 Å². The molecule has 1 unspecified atom stereocenters. The molecular formula is C24H25N3O3S. The number of nitrogens with zero attached hydrogens (tertiary/aromatic N) is 2. The molecule has 6 nitrogen and oxygen atoms in total. The molecule has 1 aromatic carbocycles. The van der Waals surface area contributed by atoms with Crippen LogP contribution < -0.4 is 20.1 Å². The summed E-state index contributed by atoms with van der Waals surface area (Å²) < 4.78 is 11.0. The molecule has 0 fully saturated rings. The van der Waals surface area contributed by atoms with E-state index in [1.807, 2.05) is 33.9 Å². The average Bonchev–Trinajstić information content (AvgIpc) is 3.26. The monoisotopic (exact) mass is 435 g/mol. The Morgan fingerprint density at radius 1 is 1.23 bits per heavy atom. The summed E-state index contributed by atoms with van der Waals surface area (Å²) in [6.07, 6.45) is 1.09. The highest BCUT2D eigenvalue weighted by atomic mass is 32.1. The summed E-state index contributed by atoms with van der Waals surface area (Å²) in [5, 5.41) is 14.0. The van der Waals surface area contributed by atoms with Gasteiger partial charge in [-0.05, 0) is 46.4 Å². The smallest absolute Gasteiger partial charge is 0.162 e. The van der Waals surface area contributed by atoms with Crippen LogP contribution in [0.1, 0.15) is 38.2 Å². The lowest BCUT2D eigenvalue weighted by Gasteiger charge is -2.43. The van der Waals surface area contributed by atoms with E-state index in [1.165, 1.54) is 0 Å². The summed E-state index contributed by atoms with van der Waals surface area (Å²) >= 11 is 1.54. The largest absolute Gasteiger partial charge is 0.497 e. The van der Waals surface area contributed by atoms with E-state index >= 15 is 0 Å². The molecule has 31 heavy (non-hydrogen) atoms. The third-order valence-electron chi connectivity index (χ3n) is 5.89. The molecule has 1 atom stereocenters. The third kappa shape index (κ3) is 3.47. The molecule has 0 saturated carbocycles. The van der Waals surface area contributed by atoms with Gasteiger partial charge in [-0.2, -0.15) is 16.6 Å². The zero-order valence-electron chi connectivity index (χ0n) is 18.1. The molecule has 2 aromatic rings. The number of methoxy groups -OCH3 is 2. The second-order valence-electron chi connectivity index (χ2n) is 8.57. The van der Waals surface area contributed by atoms with Gasteiger partial charge in [-0.15, -0.1) is 0 Å². The molecule has 1 aliphatic heterocycles. The Morgan fingerprint density at radius 3 is 2.61 bits per heavy atom. The Balaban J connectivity index is 2.01. The Morgan fingerprint density at radius 2 is 2.00 bits per heavy atom. The summed E-state index contributed by atoms with van der Waals surface area (Å²) in [6.45, 7) is 4.16. The number of ether oxygens (including phenoxy) is 2.